The molecule has 0 aliphatic rings. The second kappa shape index (κ2) is 3.87. The van der Waals surface area contributed by atoms with Crippen LogP contribution in [0.1, 0.15) is 18.9 Å². The minimum absolute atomic E-state index is 0.248. The third-order valence-electron chi connectivity index (χ3n) is 1.33. The fraction of sp³-hybridized carbons (Fsp3) is 0.200. The molecule has 0 bridgehead atoms. The second-order valence-electron chi connectivity index (χ2n) is 2.28. The minimum Gasteiger partial charge on any atom is -0.207 e. The molecule has 0 fully saturated rings. The van der Waals surface area contributed by atoms with Gasteiger partial charge in [-0.05, 0) is 12.1 Å². The van der Waals surface area contributed by atoms with E-state index in [0.717, 1.165) is 6.07 Å². The van der Waals surface area contributed by atoms with Crippen molar-refractivity contribution in [3.63, 3.8) is 0 Å². The smallest absolute Gasteiger partial charge is 0.141 e. The maximum atomic E-state index is 12.8. The number of rotatable bonds is 0. The number of hydrogen-bond acceptors (Lipinski definition) is 0. The first-order valence-electron chi connectivity index (χ1n) is 3.68. The van der Waals surface area contributed by atoms with Crippen LogP contribution in [-0.2, 0) is 0 Å². The summed E-state index contributed by atoms with van der Waals surface area (Å²) in [7, 11) is 0. The van der Waals surface area contributed by atoms with E-state index in [0.29, 0.717) is 6.42 Å². The van der Waals surface area contributed by atoms with Crippen molar-refractivity contribution in [2.75, 3.05) is 0 Å². The summed E-state index contributed by atoms with van der Waals surface area (Å²) in [5, 5.41) is 0. The average Bonchev–Trinajstić information content (AvgIpc) is 2.03. The summed E-state index contributed by atoms with van der Waals surface area (Å²) in [5.74, 6) is 4.14. The summed E-state index contributed by atoms with van der Waals surface area (Å²) in [5.41, 5.74) is 0.248. The van der Waals surface area contributed by atoms with Crippen molar-refractivity contribution in [2.45, 2.75) is 13.3 Å². The average molecular weight is 166 g/mol. The molecule has 0 heterocycles. The van der Waals surface area contributed by atoms with Gasteiger partial charge in [0.15, 0.2) is 0 Å². The molecule has 0 radical (unpaired) electrons. The minimum atomic E-state index is -0.601. The molecule has 0 saturated carbocycles. The van der Waals surface area contributed by atoms with Crippen molar-refractivity contribution >= 4 is 0 Å². The molecule has 0 N–H and O–H groups in total. The molecule has 0 aliphatic carbocycles. The molecule has 12 heavy (non-hydrogen) atoms. The Labute approximate surface area is 70.2 Å². The maximum Gasteiger partial charge on any atom is 0.141 e. The molecule has 2 heteroatoms. The first kappa shape index (κ1) is 8.73. The summed E-state index contributed by atoms with van der Waals surface area (Å²) in [6, 6.07) is 3.37. The molecule has 0 saturated heterocycles. The van der Waals surface area contributed by atoms with Gasteiger partial charge in [-0.25, -0.2) is 8.78 Å². The van der Waals surface area contributed by atoms with Crippen LogP contribution < -0.4 is 0 Å². The Bertz CT molecular complexity index is 331. The molecule has 0 unspecified atom stereocenters. The fourth-order valence-corrected chi connectivity index (χ4v) is 0.774. The third kappa shape index (κ3) is 2.06. The molecule has 62 valence electrons. The lowest BCUT2D eigenvalue weighted by Crippen LogP contribution is -1.84. The Morgan fingerprint density at radius 3 is 2.67 bits per heavy atom. The van der Waals surface area contributed by atoms with Crippen molar-refractivity contribution in [1.82, 2.24) is 0 Å². The summed E-state index contributed by atoms with van der Waals surface area (Å²) >= 11 is 0. The quantitative estimate of drug-likeness (QED) is 0.520. The van der Waals surface area contributed by atoms with Crippen molar-refractivity contribution in [3.8, 4) is 11.8 Å². The third-order valence-corrected chi connectivity index (χ3v) is 1.33. The van der Waals surface area contributed by atoms with Crippen LogP contribution in [0.25, 0.3) is 0 Å². The van der Waals surface area contributed by atoms with Crippen LogP contribution in [0.15, 0.2) is 18.2 Å². The van der Waals surface area contributed by atoms with Gasteiger partial charge in [0.05, 0.1) is 5.56 Å². The van der Waals surface area contributed by atoms with E-state index >= 15 is 0 Å². The molecule has 0 amide bonds. The molecular weight excluding hydrogens is 158 g/mol. The van der Waals surface area contributed by atoms with E-state index in [4.69, 9.17) is 0 Å². The van der Waals surface area contributed by atoms with Crippen LogP contribution in [0, 0.1) is 23.5 Å². The summed E-state index contributed by atoms with van der Waals surface area (Å²) in [4.78, 5) is 0. The van der Waals surface area contributed by atoms with Crippen LogP contribution >= 0.6 is 0 Å². The molecule has 1 aromatic carbocycles. The van der Waals surface area contributed by atoms with Gasteiger partial charge in [-0.1, -0.05) is 18.8 Å². The molecule has 0 nitrogen and oxygen atoms in total. The maximum absolute atomic E-state index is 12.8. The zero-order valence-corrected chi connectivity index (χ0v) is 6.70. The molecule has 0 atom stereocenters. The predicted molar refractivity (Wildman–Crippen MR) is 43.5 cm³/mol. The van der Waals surface area contributed by atoms with Crippen LogP contribution in [-0.4, -0.2) is 0 Å². The normalized spacial score (nSPS) is 8.92. The Morgan fingerprint density at radius 2 is 2.08 bits per heavy atom. The number of halogens is 2. The lowest BCUT2D eigenvalue weighted by Gasteiger charge is -1.92. The van der Waals surface area contributed by atoms with Crippen LogP contribution in [0.5, 0.6) is 0 Å². The van der Waals surface area contributed by atoms with E-state index in [2.05, 4.69) is 11.8 Å². The Kier molecular flexibility index (Phi) is 2.82. The second-order valence-corrected chi connectivity index (χ2v) is 2.28. The van der Waals surface area contributed by atoms with Gasteiger partial charge in [0.25, 0.3) is 0 Å². The van der Waals surface area contributed by atoms with E-state index in [-0.39, 0.29) is 5.56 Å². The van der Waals surface area contributed by atoms with E-state index in [1.54, 1.807) is 0 Å². The van der Waals surface area contributed by atoms with Gasteiger partial charge in [-0.3, -0.25) is 0 Å². The molecule has 1 aromatic rings. The molecule has 0 spiro atoms. The highest BCUT2D eigenvalue weighted by Gasteiger charge is 1.99. The van der Waals surface area contributed by atoms with Crippen molar-refractivity contribution in [3.05, 3.63) is 35.4 Å². The van der Waals surface area contributed by atoms with Gasteiger partial charge in [0.2, 0.25) is 0 Å². The topological polar surface area (TPSA) is 0 Å². The number of hydrogen-bond donors (Lipinski definition) is 0. The van der Waals surface area contributed by atoms with Gasteiger partial charge in [0, 0.05) is 12.5 Å². The Morgan fingerprint density at radius 1 is 1.33 bits per heavy atom. The SMILES string of the molecule is CCC#Cc1ccc(F)cc1F. The fourth-order valence-electron chi connectivity index (χ4n) is 0.774. The Hall–Kier alpha value is -1.36. The predicted octanol–water partition coefficient (Wildman–Crippen LogP) is 2.73. The number of benzene rings is 1. The molecule has 0 aliphatic heterocycles. The standard InChI is InChI=1S/C10H8F2/c1-2-3-4-8-5-6-9(11)7-10(8)12/h5-7H,2H2,1H3. The van der Waals surface area contributed by atoms with Gasteiger partial charge in [0.1, 0.15) is 11.6 Å². The molecule has 0 aromatic heterocycles. The van der Waals surface area contributed by atoms with E-state index in [9.17, 15) is 8.78 Å². The first-order valence-corrected chi connectivity index (χ1v) is 3.68. The zero-order valence-electron chi connectivity index (χ0n) is 6.70. The van der Waals surface area contributed by atoms with E-state index in [1.807, 2.05) is 6.92 Å². The molecular formula is C10H8F2. The van der Waals surface area contributed by atoms with Crippen LogP contribution in [0.2, 0.25) is 0 Å². The van der Waals surface area contributed by atoms with Crippen molar-refractivity contribution < 1.29 is 8.78 Å². The van der Waals surface area contributed by atoms with Gasteiger partial charge >= 0.3 is 0 Å². The largest absolute Gasteiger partial charge is 0.207 e. The first-order chi connectivity index (χ1) is 5.74. The zero-order chi connectivity index (χ0) is 8.97. The van der Waals surface area contributed by atoms with Crippen molar-refractivity contribution in [2.24, 2.45) is 0 Å². The lowest BCUT2D eigenvalue weighted by atomic mass is 10.2. The highest BCUT2D eigenvalue weighted by atomic mass is 19.1. The highest BCUT2D eigenvalue weighted by molar-refractivity contribution is 5.35. The van der Waals surface area contributed by atoms with E-state index < -0.39 is 11.6 Å². The molecule has 1 rings (SSSR count). The van der Waals surface area contributed by atoms with E-state index in [1.165, 1.54) is 12.1 Å². The summed E-state index contributed by atoms with van der Waals surface area (Å²) in [6.45, 7) is 1.87. The summed E-state index contributed by atoms with van der Waals surface area (Å²) in [6.07, 6.45) is 0.664. The van der Waals surface area contributed by atoms with Crippen LogP contribution in [0.4, 0.5) is 8.78 Å². The highest BCUT2D eigenvalue weighted by Crippen LogP contribution is 2.07. The monoisotopic (exact) mass is 166 g/mol. The Balaban J connectivity index is 3.01. The lowest BCUT2D eigenvalue weighted by molar-refractivity contribution is 0.581. The van der Waals surface area contributed by atoms with Gasteiger partial charge in [-0.2, -0.15) is 0 Å². The summed E-state index contributed by atoms with van der Waals surface area (Å²) < 4.78 is 25.2. The van der Waals surface area contributed by atoms with Gasteiger partial charge < -0.3 is 0 Å². The van der Waals surface area contributed by atoms with Crippen molar-refractivity contribution in [1.29, 1.82) is 0 Å². The van der Waals surface area contributed by atoms with Crippen LogP contribution in [0.3, 0.4) is 0 Å². The van der Waals surface area contributed by atoms with Gasteiger partial charge in [-0.15, -0.1) is 0 Å².